The van der Waals surface area contributed by atoms with Crippen LogP contribution in [-0.2, 0) is 29.2 Å². The molecular weight excluding hydrogens is 378 g/mol. The number of halogens is 2. The van der Waals surface area contributed by atoms with Crippen molar-refractivity contribution in [2.45, 2.75) is 39.0 Å². The van der Waals surface area contributed by atoms with Gasteiger partial charge < -0.3 is 14.1 Å². The van der Waals surface area contributed by atoms with Crippen molar-refractivity contribution in [3.8, 4) is 0 Å². The number of benzene rings is 1. The number of piperidine rings is 1. The lowest BCUT2D eigenvalue weighted by Crippen LogP contribution is -2.49. The second-order valence-electron chi connectivity index (χ2n) is 8.09. The molecule has 1 amide bonds. The van der Waals surface area contributed by atoms with Crippen molar-refractivity contribution in [3.63, 3.8) is 0 Å². The molecule has 4 rings (SSSR count). The summed E-state index contributed by atoms with van der Waals surface area (Å²) in [6.45, 7) is 3.26. The zero-order valence-corrected chi connectivity index (χ0v) is 16.6. The number of carbonyl (C=O) groups excluding carboxylic acids is 1. The Morgan fingerprint density at radius 1 is 1.10 bits per heavy atom. The maximum atomic E-state index is 14.1. The molecule has 1 atom stereocenters. The number of amides is 1. The molecule has 156 valence electrons. The highest BCUT2D eigenvalue weighted by Crippen LogP contribution is 2.41. The molecule has 1 aromatic heterocycles. The molecular formula is C22H26F2N2O3. The zero-order valence-electron chi connectivity index (χ0n) is 16.6. The highest BCUT2D eigenvalue weighted by molar-refractivity contribution is 5.84. The summed E-state index contributed by atoms with van der Waals surface area (Å²) in [6, 6.07) is 7.98. The van der Waals surface area contributed by atoms with E-state index in [1.807, 2.05) is 12.1 Å². The predicted octanol–water partition coefficient (Wildman–Crippen LogP) is 3.72. The normalized spacial score (nSPS) is 22.7. The van der Waals surface area contributed by atoms with Crippen LogP contribution in [0.1, 0.15) is 36.3 Å². The number of hydrogen-bond donors (Lipinski definition) is 0. The third-order valence-corrected chi connectivity index (χ3v) is 6.03. The van der Waals surface area contributed by atoms with E-state index < -0.39 is 17.0 Å². The van der Waals surface area contributed by atoms with Gasteiger partial charge in [0.25, 0.3) is 0 Å². The summed E-state index contributed by atoms with van der Waals surface area (Å²) < 4.78 is 38.5. The topological polar surface area (TPSA) is 45.9 Å². The van der Waals surface area contributed by atoms with Gasteiger partial charge in [0.15, 0.2) is 11.6 Å². The van der Waals surface area contributed by atoms with Crippen LogP contribution in [0.15, 0.2) is 34.7 Å². The third-order valence-electron chi connectivity index (χ3n) is 6.03. The number of likely N-dealkylation sites (tertiary alicyclic amines) is 2. The number of nitrogens with zero attached hydrogens (tertiary/aromatic N) is 2. The summed E-state index contributed by atoms with van der Waals surface area (Å²) in [5.74, 6) is -0.0448. The molecule has 1 aromatic carbocycles. The maximum Gasteiger partial charge on any atom is 0.230 e. The fourth-order valence-corrected chi connectivity index (χ4v) is 4.60. The van der Waals surface area contributed by atoms with E-state index in [1.165, 1.54) is 6.07 Å². The van der Waals surface area contributed by atoms with Crippen LogP contribution >= 0.6 is 0 Å². The van der Waals surface area contributed by atoms with Crippen molar-refractivity contribution in [2.75, 3.05) is 26.7 Å². The summed E-state index contributed by atoms with van der Waals surface area (Å²) in [6.07, 6.45) is 2.48. The summed E-state index contributed by atoms with van der Waals surface area (Å²) in [5, 5.41) is 0. The first-order valence-electron chi connectivity index (χ1n) is 10.0. The fraction of sp³-hybridized carbons (Fsp3) is 0.500. The molecule has 2 saturated heterocycles. The van der Waals surface area contributed by atoms with Crippen LogP contribution in [0.25, 0.3) is 0 Å². The van der Waals surface area contributed by atoms with Crippen molar-refractivity contribution < 1.29 is 22.7 Å². The summed E-state index contributed by atoms with van der Waals surface area (Å²) in [4.78, 5) is 17.2. The van der Waals surface area contributed by atoms with Crippen molar-refractivity contribution in [1.29, 1.82) is 0 Å². The molecule has 2 aromatic rings. The lowest BCUT2D eigenvalue weighted by molar-refractivity contribution is -0.146. The van der Waals surface area contributed by atoms with E-state index in [0.717, 1.165) is 43.4 Å². The Hall–Kier alpha value is -2.25. The van der Waals surface area contributed by atoms with Crippen LogP contribution in [-0.4, -0.2) is 42.5 Å². The summed E-state index contributed by atoms with van der Waals surface area (Å²) in [7, 11) is 1.63. The smallest absolute Gasteiger partial charge is 0.230 e. The Kier molecular flexibility index (Phi) is 5.69. The number of rotatable bonds is 6. The molecule has 2 fully saturated rings. The average molecular weight is 404 g/mol. The first-order valence-corrected chi connectivity index (χ1v) is 10.0. The molecule has 0 bridgehead atoms. The molecule has 1 spiro atoms. The summed E-state index contributed by atoms with van der Waals surface area (Å²) in [5.41, 5.74) is -0.212. The third kappa shape index (κ3) is 4.07. The number of hydrogen-bond acceptors (Lipinski definition) is 4. The van der Waals surface area contributed by atoms with Gasteiger partial charge in [0.05, 0.1) is 12.0 Å². The Labute approximate surface area is 169 Å². The minimum atomic E-state index is -0.875. The second kappa shape index (κ2) is 8.24. The Morgan fingerprint density at radius 2 is 1.93 bits per heavy atom. The maximum absolute atomic E-state index is 14.1. The molecule has 7 heteroatoms. The number of furan rings is 1. The van der Waals surface area contributed by atoms with Crippen molar-refractivity contribution >= 4 is 5.91 Å². The van der Waals surface area contributed by atoms with Crippen LogP contribution in [0.2, 0.25) is 0 Å². The standard InChI is InChI=1S/C22H26F2N2O3/c1-28-14-18-7-6-17(29-18)13-25-11-9-22(15-25)8-3-10-26(21(22)27)12-16-4-2-5-19(23)20(16)24/h2,4-7H,3,8-15H2,1H3. The van der Waals surface area contributed by atoms with Crippen LogP contribution in [0.3, 0.4) is 0 Å². The van der Waals surface area contributed by atoms with Crippen molar-refractivity contribution in [1.82, 2.24) is 9.80 Å². The average Bonchev–Trinajstić information content (AvgIpc) is 3.31. The Bertz CT molecular complexity index is 885. The molecule has 2 aliphatic heterocycles. The van der Waals surface area contributed by atoms with Gasteiger partial charge in [-0.2, -0.15) is 0 Å². The van der Waals surface area contributed by atoms with Gasteiger partial charge >= 0.3 is 0 Å². The van der Waals surface area contributed by atoms with Gasteiger partial charge in [0.1, 0.15) is 18.1 Å². The number of carbonyl (C=O) groups is 1. The van der Waals surface area contributed by atoms with Gasteiger partial charge in [0.2, 0.25) is 5.91 Å². The van der Waals surface area contributed by atoms with Crippen LogP contribution < -0.4 is 0 Å². The van der Waals surface area contributed by atoms with E-state index in [4.69, 9.17) is 9.15 Å². The molecule has 0 radical (unpaired) electrons. The quantitative estimate of drug-likeness (QED) is 0.736. The Balaban J connectivity index is 1.42. The van der Waals surface area contributed by atoms with E-state index in [2.05, 4.69) is 4.90 Å². The largest absolute Gasteiger partial charge is 0.462 e. The molecule has 1 unspecified atom stereocenters. The summed E-state index contributed by atoms with van der Waals surface area (Å²) >= 11 is 0. The van der Waals surface area contributed by atoms with E-state index in [0.29, 0.717) is 26.2 Å². The van der Waals surface area contributed by atoms with Crippen molar-refractivity contribution in [3.05, 3.63) is 59.1 Å². The van der Waals surface area contributed by atoms with Gasteiger partial charge in [-0.15, -0.1) is 0 Å². The van der Waals surface area contributed by atoms with Gasteiger partial charge in [0, 0.05) is 32.3 Å². The number of methoxy groups -OCH3 is 1. The van der Waals surface area contributed by atoms with E-state index >= 15 is 0 Å². The monoisotopic (exact) mass is 404 g/mol. The molecule has 3 heterocycles. The lowest BCUT2D eigenvalue weighted by Gasteiger charge is -2.39. The van der Waals surface area contributed by atoms with E-state index in [-0.39, 0.29) is 18.0 Å². The van der Waals surface area contributed by atoms with E-state index in [1.54, 1.807) is 18.1 Å². The predicted molar refractivity (Wildman–Crippen MR) is 103 cm³/mol. The molecule has 0 saturated carbocycles. The molecule has 5 nitrogen and oxygen atoms in total. The van der Waals surface area contributed by atoms with Crippen LogP contribution in [0.5, 0.6) is 0 Å². The first-order chi connectivity index (χ1) is 14.0. The highest BCUT2D eigenvalue weighted by Gasteiger charge is 2.48. The SMILES string of the molecule is COCc1ccc(CN2CCC3(CCCN(Cc4cccc(F)c4F)C3=O)C2)o1. The molecule has 0 aliphatic carbocycles. The minimum Gasteiger partial charge on any atom is -0.462 e. The zero-order chi connectivity index (χ0) is 20.4. The van der Waals surface area contributed by atoms with Crippen molar-refractivity contribution in [2.24, 2.45) is 5.41 Å². The molecule has 2 aliphatic rings. The van der Waals surface area contributed by atoms with Crippen LogP contribution in [0.4, 0.5) is 8.78 Å². The van der Waals surface area contributed by atoms with Gasteiger partial charge in [-0.25, -0.2) is 8.78 Å². The Morgan fingerprint density at radius 3 is 2.76 bits per heavy atom. The van der Waals surface area contributed by atoms with Crippen LogP contribution in [0, 0.1) is 17.0 Å². The minimum absolute atomic E-state index is 0.0504. The highest BCUT2D eigenvalue weighted by atomic mass is 19.2. The molecule has 29 heavy (non-hydrogen) atoms. The van der Waals surface area contributed by atoms with Gasteiger partial charge in [-0.05, 0) is 44.0 Å². The molecule has 0 N–H and O–H groups in total. The lowest BCUT2D eigenvalue weighted by atomic mass is 9.78. The van der Waals surface area contributed by atoms with Gasteiger partial charge in [-0.1, -0.05) is 12.1 Å². The second-order valence-corrected chi connectivity index (χ2v) is 8.09. The van der Waals surface area contributed by atoms with E-state index in [9.17, 15) is 13.6 Å². The first kappa shape index (κ1) is 20.0. The van der Waals surface area contributed by atoms with Gasteiger partial charge in [-0.3, -0.25) is 9.69 Å². The fourth-order valence-electron chi connectivity index (χ4n) is 4.60. The number of ether oxygens (including phenoxy) is 1.